The Kier molecular flexibility index (Phi) is 7.48. The molecule has 3 aromatic carbocycles. The number of rotatable bonds is 9. The highest BCUT2D eigenvalue weighted by molar-refractivity contribution is 6.06. The molecule has 0 atom stereocenters. The lowest BCUT2D eigenvalue weighted by atomic mass is 10.1. The van der Waals surface area contributed by atoms with Gasteiger partial charge in [0, 0.05) is 22.9 Å². The number of anilines is 2. The van der Waals surface area contributed by atoms with Crippen LogP contribution >= 0.6 is 0 Å². The van der Waals surface area contributed by atoms with Crippen LogP contribution in [0.3, 0.4) is 0 Å². The minimum Gasteiger partial charge on any atom is -0.497 e. The zero-order chi connectivity index (χ0) is 23.8. The monoisotopic (exact) mass is 449 g/mol. The molecule has 33 heavy (non-hydrogen) atoms. The summed E-state index contributed by atoms with van der Waals surface area (Å²) in [4.78, 5) is 36.1. The standard InChI is InChI=1S/C24H23N3O6/c1-31-19-5-3-4-17(13-19)26-22(28)14-33-18-9-6-15(7-10-18)24(30)27-20-12-16(23(25)29)8-11-21(20)32-2/h3-13H,14H2,1-2H3,(H2,25,29)(H,26,28)(H,27,30). The van der Waals surface area contributed by atoms with Crippen molar-refractivity contribution in [2.24, 2.45) is 5.73 Å². The number of methoxy groups -OCH3 is 2. The second-order valence-corrected chi connectivity index (χ2v) is 6.83. The molecule has 170 valence electrons. The first-order chi connectivity index (χ1) is 15.9. The summed E-state index contributed by atoms with van der Waals surface area (Å²) in [5, 5.41) is 5.41. The average molecular weight is 449 g/mol. The molecule has 0 bridgehead atoms. The lowest BCUT2D eigenvalue weighted by molar-refractivity contribution is -0.118. The topological polar surface area (TPSA) is 129 Å². The van der Waals surface area contributed by atoms with Gasteiger partial charge in [-0.05, 0) is 54.6 Å². The van der Waals surface area contributed by atoms with E-state index in [0.29, 0.717) is 34.2 Å². The molecule has 0 aliphatic heterocycles. The molecule has 9 nitrogen and oxygen atoms in total. The van der Waals surface area contributed by atoms with E-state index in [2.05, 4.69) is 10.6 Å². The second-order valence-electron chi connectivity index (χ2n) is 6.83. The third-order valence-corrected chi connectivity index (χ3v) is 4.57. The van der Waals surface area contributed by atoms with E-state index in [-0.39, 0.29) is 18.1 Å². The largest absolute Gasteiger partial charge is 0.497 e. The van der Waals surface area contributed by atoms with Crippen molar-refractivity contribution < 1.29 is 28.6 Å². The molecule has 0 saturated heterocycles. The van der Waals surface area contributed by atoms with Crippen LogP contribution in [0, 0.1) is 0 Å². The summed E-state index contributed by atoms with van der Waals surface area (Å²) in [7, 11) is 2.99. The van der Waals surface area contributed by atoms with Crippen LogP contribution in [0.5, 0.6) is 17.2 Å². The molecular weight excluding hydrogens is 426 g/mol. The number of nitrogens with one attached hydrogen (secondary N) is 2. The number of carbonyl (C=O) groups is 3. The third-order valence-electron chi connectivity index (χ3n) is 4.57. The van der Waals surface area contributed by atoms with Crippen molar-refractivity contribution in [2.45, 2.75) is 0 Å². The zero-order valence-electron chi connectivity index (χ0n) is 18.1. The summed E-state index contributed by atoms with van der Waals surface area (Å²) in [5.41, 5.74) is 6.78. The number of hydrogen-bond acceptors (Lipinski definition) is 6. The van der Waals surface area contributed by atoms with Gasteiger partial charge in [-0.3, -0.25) is 14.4 Å². The second kappa shape index (κ2) is 10.7. The van der Waals surface area contributed by atoms with Crippen LogP contribution in [0.25, 0.3) is 0 Å². The van der Waals surface area contributed by atoms with E-state index < -0.39 is 11.8 Å². The maximum Gasteiger partial charge on any atom is 0.262 e. The number of primary amides is 1. The smallest absolute Gasteiger partial charge is 0.262 e. The predicted octanol–water partition coefficient (Wildman–Crippen LogP) is 3.07. The van der Waals surface area contributed by atoms with Crippen molar-refractivity contribution >= 4 is 29.1 Å². The Hall–Kier alpha value is -4.53. The highest BCUT2D eigenvalue weighted by Gasteiger charge is 2.13. The van der Waals surface area contributed by atoms with Gasteiger partial charge in [-0.1, -0.05) is 6.07 Å². The van der Waals surface area contributed by atoms with Crippen LogP contribution < -0.4 is 30.6 Å². The molecule has 0 saturated carbocycles. The van der Waals surface area contributed by atoms with E-state index in [9.17, 15) is 14.4 Å². The molecule has 9 heteroatoms. The van der Waals surface area contributed by atoms with Crippen molar-refractivity contribution in [1.82, 2.24) is 0 Å². The Bertz CT molecular complexity index is 1160. The number of nitrogens with two attached hydrogens (primary N) is 1. The van der Waals surface area contributed by atoms with Gasteiger partial charge in [0.2, 0.25) is 5.91 Å². The Morgan fingerprint density at radius 3 is 2.21 bits per heavy atom. The van der Waals surface area contributed by atoms with Gasteiger partial charge in [-0.15, -0.1) is 0 Å². The number of ether oxygens (including phenoxy) is 3. The van der Waals surface area contributed by atoms with Gasteiger partial charge in [-0.25, -0.2) is 0 Å². The summed E-state index contributed by atoms with van der Waals surface area (Å²) >= 11 is 0. The van der Waals surface area contributed by atoms with Crippen LogP contribution in [-0.4, -0.2) is 38.5 Å². The molecule has 0 spiro atoms. The first kappa shape index (κ1) is 23.1. The zero-order valence-corrected chi connectivity index (χ0v) is 18.1. The molecule has 0 aliphatic carbocycles. The fourth-order valence-electron chi connectivity index (χ4n) is 2.90. The molecule has 3 rings (SSSR count). The molecule has 0 unspecified atom stereocenters. The maximum absolute atomic E-state index is 12.6. The molecule has 0 fully saturated rings. The highest BCUT2D eigenvalue weighted by atomic mass is 16.5. The molecule has 0 radical (unpaired) electrons. The van der Waals surface area contributed by atoms with E-state index in [1.54, 1.807) is 61.7 Å². The van der Waals surface area contributed by atoms with E-state index >= 15 is 0 Å². The summed E-state index contributed by atoms with van der Waals surface area (Å²) in [6.07, 6.45) is 0. The van der Waals surface area contributed by atoms with E-state index in [0.717, 1.165) is 0 Å². The molecule has 4 N–H and O–H groups in total. The number of amides is 3. The van der Waals surface area contributed by atoms with Gasteiger partial charge < -0.3 is 30.6 Å². The number of carbonyl (C=O) groups excluding carboxylic acids is 3. The average Bonchev–Trinajstić information content (AvgIpc) is 2.83. The SMILES string of the molecule is COc1cccc(NC(=O)COc2ccc(C(=O)Nc3cc(C(N)=O)ccc3OC)cc2)c1. The Balaban J connectivity index is 1.58. The van der Waals surface area contributed by atoms with Crippen LogP contribution in [0.1, 0.15) is 20.7 Å². The summed E-state index contributed by atoms with van der Waals surface area (Å²) in [5.74, 6) is 0.0476. The number of benzene rings is 3. The minimum absolute atomic E-state index is 0.208. The minimum atomic E-state index is -0.620. The molecular formula is C24H23N3O6. The molecule has 0 aliphatic rings. The van der Waals surface area contributed by atoms with Gasteiger partial charge in [0.05, 0.1) is 19.9 Å². The van der Waals surface area contributed by atoms with Crippen LogP contribution in [0.4, 0.5) is 11.4 Å². The van der Waals surface area contributed by atoms with Crippen molar-refractivity contribution in [1.29, 1.82) is 0 Å². The first-order valence-electron chi connectivity index (χ1n) is 9.85. The lowest BCUT2D eigenvalue weighted by Crippen LogP contribution is -2.20. The number of hydrogen-bond donors (Lipinski definition) is 3. The Labute approximate surface area is 190 Å². The molecule has 3 amide bonds. The van der Waals surface area contributed by atoms with Gasteiger partial charge in [-0.2, -0.15) is 0 Å². The third kappa shape index (κ3) is 6.23. The van der Waals surface area contributed by atoms with E-state index in [1.807, 2.05) is 0 Å². The van der Waals surface area contributed by atoms with Crippen molar-refractivity contribution in [3.8, 4) is 17.2 Å². The Morgan fingerprint density at radius 2 is 1.55 bits per heavy atom. The van der Waals surface area contributed by atoms with Crippen LogP contribution in [-0.2, 0) is 4.79 Å². The first-order valence-corrected chi connectivity index (χ1v) is 9.85. The van der Waals surface area contributed by atoms with Gasteiger partial charge >= 0.3 is 0 Å². The fourth-order valence-corrected chi connectivity index (χ4v) is 2.90. The van der Waals surface area contributed by atoms with Crippen molar-refractivity contribution in [2.75, 3.05) is 31.5 Å². The fraction of sp³-hybridized carbons (Fsp3) is 0.125. The molecule has 0 aromatic heterocycles. The molecule has 0 heterocycles. The maximum atomic E-state index is 12.6. The van der Waals surface area contributed by atoms with E-state index in [4.69, 9.17) is 19.9 Å². The quantitative estimate of drug-likeness (QED) is 0.460. The van der Waals surface area contributed by atoms with Crippen molar-refractivity contribution in [3.63, 3.8) is 0 Å². The van der Waals surface area contributed by atoms with Crippen LogP contribution in [0.15, 0.2) is 66.7 Å². The van der Waals surface area contributed by atoms with Crippen LogP contribution in [0.2, 0.25) is 0 Å². The van der Waals surface area contributed by atoms with Gasteiger partial charge in [0.1, 0.15) is 17.2 Å². The summed E-state index contributed by atoms with van der Waals surface area (Å²) in [6, 6.07) is 17.7. The normalized spacial score (nSPS) is 10.1. The summed E-state index contributed by atoms with van der Waals surface area (Å²) in [6.45, 7) is -0.208. The predicted molar refractivity (Wildman–Crippen MR) is 123 cm³/mol. The highest BCUT2D eigenvalue weighted by Crippen LogP contribution is 2.26. The van der Waals surface area contributed by atoms with Crippen molar-refractivity contribution in [3.05, 3.63) is 77.9 Å². The lowest BCUT2D eigenvalue weighted by Gasteiger charge is -2.12. The van der Waals surface area contributed by atoms with Gasteiger partial charge in [0.25, 0.3) is 11.8 Å². The summed E-state index contributed by atoms with van der Waals surface area (Å²) < 4.78 is 15.8. The van der Waals surface area contributed by atoms with Gasteiger partial charge in [0.15, 0.2) is 6.61 Å². The Morgan fingerprint density at radius 1 is 0.818 bits per heavy atom. The molecule has 3 aromatic rings. The van der Waals surface area contributed by atoms with E-state index in [1.165, 1.54) is 19.2 Å².